The minimum atomic E-state index is -0.588. The van der Waals surface area contributed by atoms with Gasteiger partial charge < -0.3 is 9.84 Å². The second kappa shape index (κ2) is 9.19. The van der Waals surface area contributed by atoms with Crippen molar-refractivity contribution in [1.82, 2.24) is 4.98 Å². The van der Waals surface area contributed by atoms with E-state index in [1.54, 1.807) is 36.7 Å². The molecule has 0 aliphatic heterocycles. The Balaban J connectivity index is 1.57. The molecule has 0 aliphatic rings. The van der Waals surface area contributed by atoms with Gasteiger partial charge in [0.1, 0.15) is 18.2 Å². The molecule has 144 valence electrons. The predicted octanol–water partition coefficient (Wildman–Crippen LogP) is 4.30. The van der Waals surface area contributed by atoms with Crippen molar-refractivity contribution in [3.05, 3.63) is 83.3 Å². The van der Waals surface area contributed by atoms with E-state index in [1.807, 2.05) is 12.1 Å². The van der Waals surface area contributed by atoms with Crippen LogP contribution in [0.15, 0.2) is 67.0 Å². The number of hydrogen-bond acceptors (Lipinski definition) is 4. The summed E-state index contributed by atoms with van der Waals surface area (Å²) in [6, 6.07) is 15.0. The predicted molar refractivity (Wildman–Crippen MR) is 105 cm³/mol. The van der Waals surface area contributed by atoms with Gasteiger partial charge in [0.05, 0.1) is 6.10 Å². The minimum Gasteiger partial charge on any atom is -0.491 e. The lowest BCUT2D eigenvalue weighted by Gasteiger charge is -2.13. The molecule has 0 spiro atoms. The molecule has 0 amide bonds. The third kappa shape index (κ3) is 5.20. The Morgan fingerprint density at radius 3 is 2.50 bits per heavy atom. The number of nitrogens with zero attached hydrogens (tertiary/aromatic N) is 2. The van der Waals surface area contributed by atoms with E-state index in [2.05, 4.69) is 4.98 Å². The highest BCUT2D eigenvalue weighted by Gasteiger charge is 2.13. The van der Waals surface area contributed by atoms with Crippen LogP contribution in [0.2, 0.25) is 0 Å². The maximum absolute atomic E-state index is 14.1. The number of hydrogen-bond donors (Lipinski definition) is 1. The molecule has 0 bridgehead atoms. The van der Waals surface area contributed by atoms with Crippen LogP contribution in [0.4, 0.5) is 10.1 Å². The molecular weight excluding hydrogens is 359 g/mol. The number of aliphatic hydroxyl groups is 1. The van der Waals surface area contributed by atoms with E-state index < -0.39 is 11.9 Å². The van der Waals surface area contributed by atoms with Crippen molar-refractivity contribution in [2.45, 2.75) is 18.9 Å². The Hall–Kier alpha value is -3.12. The van der Waals surface area contributed by atoms with E-state index in [0.29, 0.717) is 33.7 Å². The van der Waals surface area contributed by atoms with Crippen LogP contribution in [0.1, 0.15) is 12.0 Å². The van der Waals surface area contributed by atoms with Gasteiger partial charge in [-0.3, -0.25) is 4.98 Å². The molecular formula is C22H22FN2O3+. The molecule has 6 heteroatoms. The molecule has 0 saturated carbocycles. The number of ether oxygens (including phenoxy) is 1. The van der Waals surface area contributed by atoms with Crippen LogP contribution in [0.5, 0.6) is 5.75 Å². The first-order chi connectivity index (χ1) is 13.5. The average Bonchev–Trinajstić information content (AvgIpc) is 2.72. The number of nitroso groups, excluding NO2 is 1. The molecule has 28 heavy (non-hydrogen) atoms. The third-order valence-corrected chi connectivity index (χ3v) is 4.44. The quantitative estimate of drug-likeness (QED) is 0.591. The lowest BCUT2D eigenvalue weighted by atomic mass is 10.0. The molecule has 2 aromatic carbocycles. The van der Waals surface area contributed by atoms with Crippen molar-refractivity contribution >= 4 is 5.69 Å². The zero-order valence-corrected chi connectivity index (χ0v) is 15.6. The second-order valence-electron chi connectivity index (χ2n) is 6.54. The van der Waals surface area contributed by atoms with Gasteiger partial charge in [0.2, 0.25) is 0 Å². The Kier molecular flexibility index (Phi) is 6.45. The number of rotatable bonds is 8. The first-order valence-corrected chi connectivity index (χ1v) is 9.03. The molecule has 1 unspecified atom stereocenters. The fourth-order valence-corrected chi connectivity index (χ4v) is 2.82. The van der Waals surface area contributed by atoms with Crippen molar-refractivity contribution in [3.63, 3.8) is 0 Å². The minimum absolute atomic E-state index is 0.176. The van der Waals surface area contributed by atoms with Crippen molar-refractivity contribution in [2.75, 3.05) is 13.7 Å². The normalized spacial score (nSPS) is 11.8. The van der Waals surface area contributed by atoms with Gasteiger partial charge in [-0.15, -0.1) is 0 Å². The van der Waals surface area contributed by atoms with Gasteiger partial charge >= 0.3 is 0 Å². The summed E-state index contributed by atoms with van der Waals surface area (Å²) in [4.78, 5) is 15.4. The Bertz CT molecular complexity index is 930. The summed E-state index contributed by atoms with van der Waals surface area (Å²) < 4.78 is 20.4. The van der Waals surface area contributed by atoms with Gasteiger partial charge in [0, 0.05) is 39.8 Å². The van der Waals surface area contributed by atoms with Crippen molar-refractivity contribution < 1.29 is 19.0 Å². The molecule has 3 aromatic rings. The van der Waals surface area contributed by atoms with Crippen LogP contribution in [0, 0.1) is 10.7 Å². The third-order valence-electron chi connectivity index (χ3n) is 4.44. The SMILES string of the molecule is C[N+](=O)c1ccc(F)c(-c2ccc(OCC(O)CCc3ccncc3)cc2)c1. The molecule has 1 atom stereocenters. The number of aryl methyl sites for hydroxylation is 1. The molecule has 0 radical (unpaired) electrons. The van der Waals surface area contributed by atoms with Crippen LogP contribution in [-0.2, 0) is 6.42 Å². The highest BCUT2D eigenvalue weighted by molar-refractivity contribution is 5.67. The molecule has 3 rings (SSSR count). The zero-order valence-electron chi connectivity index (χ0n) is 15.6. The highest BCUT2D eigenvalue weighted by Crippen LogP contribution is 2.28. The van der Waals surface area contributed by atoms with Crippen LogP contribution in [-0.4, -0.2) is 34.6 Å². The monoisotopic (exact) mass is 381 g/mol. The number of pyridine rings is 1. The topological polar surface area (TPSA) is 62.4 Å². The lowest BCUT2D eigenvalue weighted by Crippen LogP contribution is -2.18. The highest BCUT2D eigenvalue weighted by atomic mass is 19.1. The van der Waals surface area contributed by atoms with Gasteiger partial charge in [-0.25, -0.2) is 4.39 Å². The van der Waals surface area contributed by atoms with Crippen LogP contribution >= 0.6 is 0 Å². The summed E-state index contributed by atoms with van der Waals surface area (Å²) in [6.07, 6.45) is 4.20. The van der Waals surface area contributed by atoms with Gasteiger partial charge in [-0.1, -0.05) is 12.1 Å². The molecule has 1 heterocycles. The maximum atomic E-state index is 14.1. The largest absolute Gasteiger partial charge is 0.491 e. The lowest BCUT2D eigenvalue weighted by molar-refractivity contribution is -0.428. The smallest absolute Gasteiger partial charge is 0.256 e. The molecule has 5 nitrogen and oxygen atoms in total. The van der Waals surface area contributed by atoms with Gasteiger partial charge in [0.25, 0.3) is 5.69 Å². The van der Waals surface area contributed by atoms with E-state index in [0.717, 1.165) is 12.0 Å². The average molecular weight is 381 g/mol. The summed E-state index contributed by atoms with van der Waals surface area (Å²) >= 11 is 0. The Labute approximate surface area is 163 Å². The van der Waals surface area contributed by atoms with E-state index in [1.165, 1.54) is 25.2 Å². The fraction of sp³-hybridized carbons (Fsp3) is 0.227. The number of halogens is 1. The molecule has 1 N–H and O–H groups in total. The van der Waals surface area contributed by atoms with Crippen molar-refractivity contribution in [1.29, 1.82) is 0 Å². The number of aromatic nitrogens is 1. The summed E-state index contributed by atoms with van der Waals surface area (Å²) in [6.45, 7) is 0.176. The zero-order chi connectivity index (χ0) is 19.9. The summed E-state index contributed by atoms with van der Waals surface area (Å²) in [7, 11) is 1.37. The van der Waals surface area contributed by atoms with Crippen LogP contribution in [0.3, 0.4) is 0 Å². The maximum Gasteiger partial charge on any atom is 0.256 e. The Morgan fingerprint density at radius 1 is 1.11 bits per heavy atom. The van der Waals surface area contributed by atoms with Crippen LogP contribution in [0.25, 0.3) is 11.1 Å². The van der Waals surface area contributed by atoms with Crippen LogP contribution < -0.4 is 4.74 Å². The summed E-state index contributed by atoms with van der Waals surface area (Å²) in [5.74, 6) is 0.190. The summed E-state index contributed by atoms with van der Waals surface area (Å²) in [5, 5.41) is 10.1. The fourth-order valence-electron chi connectivity index (χ4n) is 2.82. The van der Waals surface area contributed by atoms with Gasteiger partial charge in [0.15, 0.2) is 7.05 Å². The van der Waals surface area contributed by atoms with E-state index in [9.17, 15) is 14.4 Å². The first-order valence-electron chi connectivity index (χ1n) is 9.03. The Morgan fingerprint density at radius 2 is 1.82 bits per heavy atom. The molecule has 0 aliphatic carbocycles. The van der Waals surface area contributed by atoms with E-state index in [-0.39, 0.29) is 6.61 Å². The number of aliphatic hydroxyl groups excluding tert-OH is 1. The first kappa shape index (κ1) is 19.6. The summed E-state index contributed by atoms with van der Waals surface area (Å²) in [5.41, 5.74) is 2.50. The second-order valence-corrected chi connectivity index (χ2v) is 6.54. The molecule has 1 aromatic heterocycles. The molecule has 0 fully saturated rings. The standard InChI is InChI=1S/C22H22FN2O3/c1-25(27)18-5-9-22(23)21(14-18)17-3-7-20(8-4-17)28-15-19(26)6-2-16-10-12-24-13-11-16/h3-5,7-14,19,26H,2,6,15H2,1H3/q+1. The van der Waals surface area contributed by atoms with Crippen molar-refractivity contribution in [2.24, 2.45) is 0 Å². The van der Waals surface area contributed by atoms with E-state index in [4.69, 9.17) is 4.74 Å². The van der Waals surface area contributed by atoms with Crippen molar-refractivity contribution in [3.8, 4) is 16.9 Å². The number of benzene rings is 2. The molecule has 0 saturated heterocycles. The van der Waals surface area contributed by atoms with E-state index >= 15 is 0 Å². The van der Waals surface area contributed by atoms with Gasteiger partial charge in [-0.2, -0.15) is 0 Å². The van der Waals surface area contributed by atoms with Gasteiger partial charge in [-0.05, 0) is 54.3 Å².